The molecule has 57 heavy (non-hydrogen) atoms. The van der Waals surface area contributed by atoms with Crippen LogP contribution in [-0.2, 0) is 0 Å². The number of hydrogen-bond donors (Lipinski definition) is 0. The van der Waals surface area contributed by atoms with Crippen LogP contribution < -0.4 is 0 Å². The van der Waals surface area contributed by atoms with Crippen molar-refractivity contribution in [2.45, 2.75) is 0 Å². The van der Waals surface area contributed by atoms with Crippen molar-refractivity contribution in [3.63, 3.8) is 0 Å². The number of benzene rings is 11. The second kappa shape index (κ2) is 11.5. The van der Waals surface area contributed by atoms with Gasteiger partial charge in [0.05, 0.1) is 11.2 Å². The van der Waals surface area contributed by atoms with Crippen molar-refractivity contribution in [1.29, 1.82) is 0 Å². The van der Waals surface area contributed by atoms with Gasteiger partial charge in [0.2, 0.25) is 0 Å². The molecule has 0 fully saturated rings. The number of fused-ring (bicyclic) bond motifs is 19. The molecule has 13 rings (SSSR count). The van der Waals surface area contributed by atoms with E-state index in [0.29, 0.717) is 5.82 Å². The largest absolute Gasteiger partial charge is 0.455 e. The van der Waals surface area contributed by atoms with E-state index in [2.05, 4.69) is 182 Å². The third-order valence-electron chi connectivity index (χ3n) is 12.2. The van der Waals surface area contributed by atoms with Crippen LogP contribution in [0.3, 0.4) is 0 Å². The maximum atomic E-state index is 6.99. The Hall–Kier alpha value is -7.62. The average Bonchev–Trinajstić information content (AvgIpc) is 3.66. The SMILES string of the molecule is c1ccc(-c2nc(-c3ccc4c(c3)c3ccccc3c3c4ccc4c5cc6c7ccccc7c7ccccc7c6cc5oc43)nc3ccc4ccccc4c23)cc1. The van der Waals surface area contributed by atoms with Gasteiger partial charge in [-0.05, 0) is 100 Å². The van der Waals surface area contributed by atoms with Gasteiger partial charge in [-0.1, -0.05) is 152 Å². The summed E-state index contributed by atoms with van der Waals surface area (Å²) in [4.78, 5) is 10.6. The van der Waals surface area contributed by atoms with Crippen LogP contribution in [0.15, 0.2) is 186 Å². The summed E-state index contributed by atoms with van der Waals surface area (Å²) in [6.45, 7) is 0. The molecule has 0 atom stereocenters. The molecule has 2 heterocycles. The highest BCUT2D eigenvalue weighted by atomic mass is 16.3. The molecule has 0 unspecified atom stereocenters. The summed E-state index contributed by atoms with van der Waals surface area (Å²) in [7, 11) is 0. The second-order valence-corrected chi connectivity index (χ2v) is 15.2. The lowest BCUT2D eigenvalue weighted by molar-refractivity contribution is 0.673. The minimum absolute atomic E-state index is 0.711. The zero-order chi connectivity index (χ0) is 37.2. The maximum absolute atomic E-state index is 6.99. The van der Waals surface area contributed by atoms with Crippen LogP contribution in [0.5, 0.6) is 0 Å². The Morgan fingerprint density at radius 3 is 1.61 bits per heavy atom. The summed E-state index contributed by atoms with van der Waals surface area (Å²) in [5.74, 6) is 0.711. The van der Waals surface area contributed by atoms with E-state index in [0.717, 1.165) is 71.2 Å². The molecule has 3 nitrogen and oxygen atoms in total. The van der Waals surface area contributed by atoms with Crippen molar-refractivity contribution >= 4 is 108 Å². The molecule has 0 bridgehead atoms. The average molecular weight is 723 g/mol. The van der Waals surface area contributed by atoms with Gasteiger partial charge in [-0.25, -0.2) is 9.97 Å². The van der Waals surface area contributed by atoms with Gasteiger partial charge in [-0.2, -0.15) is 0 Å². The van der Waals surface area contributed by atoms with E-state index in [4.69, 9.17) is 14.4 Å². The van der Waals surface area contributed by atoms with Crippen molar-refractivity contribution in [3.8, 4) is 22.6 Å². The monoisotopic (exact) mass is 722 g/mol. The minimum atomic E-state index is 0.711. The lowest BCUT2D eigenvalue weighted by Gasteiger charge is -2.14. The van der Waals surface area contributed by atoms with Crippen LogP contribution in [0, 0.1) is 0 Å². The summed E-state index contributed by atoms with van der Waals surface area (Å²) in [6, 6.07) is 65.3. The van der Waals surface area contributed by atoms with Gasteiger partial charge < -0.3 is 4.42 Å². The maximum Gasteiger partial charge on any atom is 0.160 e. The number of nitrogens with zero attached hydrogens (tertiary/aromatic N) is 2. The second-order valence-electron chi connectivity index (χ2n) is 15.2. The quantitative estimate of drug-likeness (QED) is 0.167. The third-order valence-corrected chi connectivity index (χ3v) is 12.2. The molecule has 0 aliphatic heterocycles. The van der Waals surface area contributed by atoms with Crippen molar-refractivity contribution in [3.05, 3.63) is 182 Å². The molecule has 0 saturated carbocycles. The highest BCUT2D eigenvalue weighted by Crippen LogP contribution is 2.45. The van der Waals surface area contributed by atoms with Gasteiger partial charge in [0.1, 0.15) is 11.2 Å². The van der Waals surface area contributed by atoms with Gasteiger partial charge in [0.15, 0.2) is 5.82 Å². The molecule has 262 valence electrons. The van der Waals surface area contributed by atoms with E-state index >= 15 is 0 Å². The van der Waals surface area contributed by atoms with Crippen LogP contribution in [0.4, 0.5) is 0 Å². The Kier molecular flexibility index (Phi) is 6.16. The molecule has 0 radical (unpaired) electrons. The van der Waals surface area contributed by atoms with Crippen molar-refractivity contribution in [2.24, 2.45) is 0 Å². The first-order valence-corrected chi connectivity index (χ1v) is 19.5. The fourth-order valence-electron chi connectivity index (χ4n) is 9.64. The Labute approximate surface area is 326 Å². The highest BCUT2D eigenvalue weighted by Gasteiger charge is 2.20. The Balaban J connectivity index is 1.08. The molecule has 3 heteroatoms. The summed E-state index contributed by atoms with van der Waals surface area (Å²) in [5, 5.41) is 20.1. The first kappa shape index (κ1) is 30.7. The summed E-state index contributed by atoms with van der Waals surface area (Å²) in [6.07, 6.45) is 0. The van der Waals surface area contributed by atoms with E-state index in [1.54, 1.807) is 0 Å². The Bertz CT molecular complexity index is 3840. The number of rotatable bonds is 2. The number of aromatic nitrogens is 2. The molecule has 0 aliphatic carbocycles. The normalized spacial score (nSPS) is 12.2. The van der Waals surface area contributed by atoms with Gasteiger partial charge in [-0.15, -0.1) is 0 Å². The van der Waals surface area contributed by atoms with Crippen LogP contribution in [0.25, 0.3) is 131 Å². The first-order valence-electron chi connectivity index (χ1n) is 19.5. The molecule has 0 aliphatic rings. The first-order chi connectivity index (χ1) is 28.3. The summed E-state index contributed by atoms with van der Waals surface area (Å²) >= 11 is 0. The predicted octanol–water partition coefficient (Wildman–Crippen LogP) is 14.9. The molecule has 11 aromatic carbocycles. The molecule has 0 N–H and O–H groups in total. The zero-order valence-electron chi connectivity index (χ0n) is 30.6. The fourth-order valence-corrected chi connectivity index (χ4v) is 9.64. The van der Waals surface area contributed by atoms with E-state index in [1.807, 2.05) is 0 Å². The van der Waals surface area contributed by atoms with Gasteiger partial charge in [0.25, 0.3) is 0 Å². The van der Waals surface area contributed by atoms with Gasteiger partial charge >= 0.3 is 0 Å². The van der Waals surface area contributed by atoms with E-state index in [9.17, 15) is 0 Å². The lowest BCUT2D eigenvalue weighted by atomic mass is 9.91. The van der Waals surface area contributed by atoms with Crippen LogP contribution in [0.1, 0.15) is 0 Å². The van der Waals surface area contributed by atoms with E-state index in [1.165, 1.54) is 53.9 Å². The standard InChI is InChI=1S/C54H30N2O/c1-2-13-32(14-3-1)52-51-34-15-5-4-12-31(34)23-27-48(51)55-54(56-52)33-22-24-40-42-25-26-43-47-29-45-37-18-8-6-16-35(37)36-17-7-9-19-38(36)46(45)30-49(47)57-53(43)50(42)41-21-11-10-20-39(41)44(40)28-33/h1-30H. The van der Waals surface area contributed by atoms with Gasteiger partial charge in [-0.3, -0.25) is 0 Å². The molecular weight excluding hydrogens is 693 g/mol. The lowest BCUT2D eigenvalue weighted by Crippen LogP contribution is -1.96. The van der Waals surface area contributed by atoms with E-state index < -0.39 is 0 Å². The van der Waals surface area contributed by atoms with Gasteiger partial charge in [0, 0.05) is 32.7 Å². The van der Waals surface area contributed by atoms with Crippen molar-refractivity contribution < 1.29 is 4.42 Å². The highest BCUT2D eigenvalue weighted by molar-refractivity contribution is 6.34. The predicted molar refractivity (Wildman–Crippen MR) is 240 cm³/mol. The number of furan rings is 1. The molecular formula is C54H30N2O. The summed E-state index contributed by atoms with van der Waals surface area (Å²) < 4.78 is 6.99. The molecule has 0 spiro atoms. The Morgan fingerprint density at radius 1 is 0.316 bits per heavy atom. The zero-order valence-corrected chi connectivity index (χ0v) is 30.6. The van der Waals surface area contributed by atoms with Crippen LogP contribution in [-0.4, -0.2) is 9.97 Å². The fraction of sp³-hybridized carbons (Fsp3) is 0. The third kappa shape index (κ3) is 4.31. The van der Waals surface area contributed by atoms with Crippen LogP contribution in [0.2, 0.25) is 0 Å². The molecule has 2 aromatic heterocycles. The topological polar surface area (TPSA) is 38.9 Å². The molecule has 13 aromatic rings. The van der Waals surface area contributed by atoms with Crippen molar-refractivity contribution in [2.75, 3.05) is 0 Å². The Morgan fingerprint density at radius 2 is 0.860 bits per heavy atom. The summed E-state index contributed by atoms with van der Waals surface area (Å²) in [5.41, 5.74) is 5.75. The molecule has 0 saturated heterocycles. The minimum Gasteiger partial charge on any atom is -0.455 e. The smallest absolute Gasteiger partial charge is 0.160 e. The number of hydrogen-bond acceptors (Lipinski definition) is 3. The molecule has 0 amide bonds. The van der Waals surface area contributed by atoms with E-state index in [-0.39, 0.29) is 0 Å². The van der Waals surface area contributed by atoms with Crippen LogP contribution >= 0.6 is 0 Å². The van der Waals surface area contributed by atoms with Crippen molar-refractivity contribution in [1.82, 2.24) is 9.97 Å².